The Morgan fingerprint density at radius 1 is 0.442 bits per heavy atom. The predicted octanol–water partition coefficient (Wildman–Crippen LogP) is 13.6. The molecule has 10 rings (SSSR count). The summed E-state index contributed by atoms with van der Waals surface area (Å²) in [7, 11) is 0. The van der Waals surface area contributed by atoms with Crippen molar-refractivity contribution in [3.05, 3.63) is 169 Å². The quantitative estimate of drug-likeness (QED) is 0.122. The third-order valence-electron chi connectivity index (χ3n) is 9.76. The molecule has 0 aliphatic carbocycles. The minimum Gasteiger partial charge on any atom is -0.318 e. The van der Waals surface area contributed by atoms with Gasteiger partial charge in [0.15, 0.2) is 0 Å². The van der Waals surface area contributed by atoms with E-state index < -0.39 is 27.0 Å². The molecule has 0 saturated heterocycles. The third kappa shape index (κ3) is 6.18. The van der Waals surface area contributed by atoms with Crippen LogP contribution in [0.25, 0.3) is 76.5 Å². The van der Waals surface area contributed by atoms with E-state index in [0.717, 1.165) is 0 Å². The number of aromatic nitrogens is 2. The van der Waals surface area contributed by atoms with Crippen molar-refractivity contribution in [1.29, 1.82) is 0 Å². The number of hydrogen-bond donors (Lipinski definition) is 0. The van der Waals surface area contributed by atoms with Gasteiger partial charge in [-0.2, -0.15) is 12.1 Å². The molecule has 0 amide bonds. The second-order valence-electron chi connectivity index (χ2n) is 13.6. The van der Waals surface area contributed by atoms with Gasteiger partial charge in [0.25, 0.3) is 0 Å². The molecule has 2 aromatic heterocycles. The zero-order chi connectivity index (χ0) is 35.9. The van der Waals surface area contributed by atoms with E-state index in [1.54, 1.807) is 13.1 Å². The van der Waals surface area contributed by atoms with Gasteiger partial charge in [-0.15, -0.1) is 69.1 Å². The van der Waals surface area contributed by atoms with Gasteiger partial charge in [0.2, 0.25) is 0 Å². The normalized spacial score (nSPS) is 11.3. The Bertz CT molecular complexity index is 2620. The van der Waals surface area contributed by atoms with Gasteiger partial charge in [-0.1, -0.05) is 98.8 Å². The van der Waals surface area contributed by atoms with Crippen LogP contribution in [0.2, 0.25) is 13.1 Å². The van der Waals surface area contributed by atoms with E-state index in [4.69, 9.17) is 0 Å². The van der Waals surface area contributed by atoms with Crippen molar-refractivity contribution in [2.75, 3.05) is 0 Å². The largest absolute Gasteiger partial charge is 0.318 e. The van der Waals surface area contributed by atoms with Gasteiger partial charge >= 0.3 is 45.4 Å². The second kappa shape index (κ2) is 14.3. The molecule has 8 aromatic carbocycles. The molecule has 256 valence electrons. The molecule has 2 nitrogen and oxygen atoms in total. The Labute approximate surface area is 311 Å². The molecule has 0 aliphatic rings. The maximum atomic E-state index is 11.4. The van der Waals surface area contributed by atoms with Crippen LogP contribution in [-0.4, -0.2) is 14.6 Å². The fourth-order valence-electron chi connectivity index (χ4n) is 7.49. The Morgan fingerprint density at radius 3 is 1.06 bits per heavy atom. The number of nitrogens with zero attached hydrogens (tertiary/aromatic N) is 2. The van der Waals surface area contributed by atoms with Gasteiger partial charge in [0, 0.05) is 32.9 Å². The summed E-state index contributed by atoms with van der Waals surface area (Å²) in [4.78, 5) is 0. The monoisotopic (exact) mass is 774 g/mol. The van der Waals surface area contributed by atoms with E-state index in [-0.39, 0.29) is 0 Å². The first-order valence-electron chi connectivity index (χ1n) is 17.6. The van der Waals surface area contributed by atoms with Crippen LogP contribution in [0.5, 0.6) is 0 Å². The van der Waals surface area contributed by atoms with E-state index in [1.165, 1.54) is 87.7 Å². The van der Waals surface area contributed by atoms with Crippen LogP contribution in [0.1, 0.15) is 11.1 Å². The van der Waals surface area contributed by atoms with Crippen LogP contribution < -0.4 is 0 Å². The molecule has 0 unspecified atom stereocenters. The second-order valence-corrected chi connectivity index (χ2v) is 26.5. The minimum absolute atomic E-state index is 1.09. The number of rotatable bonds is 2. The van der Waals surface area contributed by atoms with Gasteiger partial charge in [-0.25, -0.2) is 0 Å². The van der Waals surface area contributed by atoms with Gasteiger partial charge in [-0.05, 0) is 24.3 Å². The molecule has 0 atom stereocenters. The van der Waals surface area contributed by atoms with Crippen molar-refractivity contribution in [2.45, 2.75) is 26.9 Å². The molecule has 0 radical (unpaired) electrons. The van der Waals surface area contributed by atoms with E-state index in [1.807, 2.05) is 0 Å². The summed E-state index contributed by atoms with van der Waals surface area (Å²) in [5.74, 6) is 0. The minimum atomic E-state index is -3.60. The summed E-state index contributed by atoms with van der Waals surface area (Å²) in [6.45, 7) is 7.68. The van der Waals surface area contributed by atoms with Crippen LogP contribution in [0.15, 0.2) is 158 Å². The van der Waals surface area contributed by atoms with Crippen LogP contribution in [0, 0.1) is 13.8 Å². The SMILES string of the molecule is C[Si](C)=[Zr]([F])[F].Cc1cc2c(-n3c4ccccc4c4ccccc43)cccc2[cH-]1.Cc1cc2c(-n3c4ccccc4c4ccccc43)cccc2[cH-]1. The summed E-state index contributed by atoms with van der Waals surface area (Å²) in [5.41, 5.74) is 9.11. The Balaban J connectivity index is 0.000000129. The molecule has 0 N–H and O–H groups in total. The molecule has 0 saturated carbocycles. The molecule has 0 fully saturated rings. The molecule has 10 aromatic rings. The van der Waals surface area contributed by atoms with Crippen molar-refractivity contribution in [2.24, 2.45) is 0 Å². The van der Waals surface area contributed by atoms with E-state index in [0.29, 0.717) is 0 Å². The van der Waals surface area contributed by atoms with E-state index in [9.17, 15) is 5.25 Å². The first kappa shape index (κ1) is 34.2. The first-order chi connectivity index (χ1) is 25.3. The van der Waals surface area contributed by atoms with E-state index >= 15 is 0 Å². The molecule has 6 heteroatoms. The van der Waals surface area contributed by atoms with Gasteiger partial charge < -0.3 is 9.13 Å². The first-order valence-corrected chi connectivity index (χ1v) is 25.6. The fourth-order valence-corrected chi connectivity index (χ4v) is 7.49. The fraction of sp³-hybridized carbons (Fsp3) is 0.0870. The predicted molar refractivity (Wildman–Crippen MR) is 217 cm³/mol. The Morgan fingerprint density at radius 2 is 0.750 bits per heavy atom. The third-order valence-corrected chi connectivity index (χ3v) is 16.1. The van der Waals surface area contributed by atoms with Crippen molar-refractivity contribution in [3.63, 3.8) is 0 Å². The number of aryl methyl sites for hydroxylation is 2. The molecular weight excluding hydrogens is 738 g/mol. The van der Waals surface area contributed by atoms with Crippen molar-refractivity contribution < 1.29 is 26.8 Å². The summed E-state index contributed by atoms with van der Waals surface area (Å²) >= 11 is -3.60. The number of halogens is 2. The number of para-hydroxylation sites is 4. The van der Waals surface area contributed by atoms with Crippen molar-refractivity contribution >= 4 is 70.6 Å². The van der Waals surface area contributed by atoms with Crippen molar-refractivity contribution in [1.82, 2.24) is 9.13 Å². The average molecular weight is 776 g/mol. The van der Waals surface area contributed by atoms with Gasteiger partial charge in [0.05, 0.1) is 22.1 Å². The molecular formula is C46H38F2N2SiZr-2. The maximum absolute atomic E-state index is 11.4. The zero-order valence-corrected chi connectivity index (χ0v) is 33.1. The van der Waals surface area contributed by atoms with Gasteiger partial charge in [0.1, 0.15) is 0 Å². The molecule has 2 heterocycles. The molecule has 52 heavy (non-hydrogen) atoms. The topological polar surface area (TPSA) is 9.86 Å². The summed E-state index contributed by atoms with van der Waals surface area (Å²) < 4.78 is 27.6. The zero-order valence-electron chi connectivity index (χ0n) is 29.7. The Hall–Kier alpha value is -4.90. The summed E-state index contributed by atoms with van der Waals surface area (Å²) in [6.07, 6.45) is 0. The Kier molecular flexibility index (Phi) is 9.38. The number of fused-ring (bicyclic) bond motifs is 8. The average Bonchev–Trinajstić information content (AvgIpc) is 3.91. The smallest absolute Gasteiger partial charge is 0.0532 e. The van der Waals surface area contributed by atoms with Crippen LogP contribution in [-0.2, 0) is 21.6 Å². The summed E-state index contributed by atoms with van der Waals surface area (Å²) in [5, 5.41) is 10.5. The number of hydrogen-bond acceptors (Lipinski definition) is 0. The molecule has 0 bridgehead atoms. The maximum Gasteiger partial charge on any atom is 0.0532 e. The van der Waals surface area contributed by atoms with E-state index in [2.05, 4.69) is 181 Å². The summed E-state index contributed by atoms with van der Waals surface area (Å²) in [6, 6.07) is 56.9. The standard InChI is InChI=1S/2C22H16N.C2H6Si.2FH.Zr/c2*1-15-13-16-7-6-12-22(19(16)14-15)23-20-10-4-2-8-17(20)18-9-3-5-11-21(18)23;1-3-2;;;/h2*2-14H,1H3;1-2H3;2*1H;/q2*-1;;;;+2/p-2. The van der Waals surface area contributed by atoms with Crippen LogP contribution in [0.4, 0.5) is 5.25 Å². The number of benzene rings is 6. The van der Waals surface area contributed by atoms with Crippen LogP contribution in [0.3, 0.4) is 0 Å². The van der Waals surface area contributed by atoms with Crippen LogP contribution >= 0.6 is 0 Å². The molecule has 0 aliphatic heterocycles. The molecule has 0 spiro atoms. The van der Waals surface area contributed by atoms with Crippen molar-refractivity contribution in [3.8, 4) is 11.4 Å². The van der Waals surface area contributed by atoms with Gasteiger partial charge in [-0.3, -0.25) is 0 Å².